The monoisotopic (exact) mass is 446 g/mol. The molecule has 8 heteroatoms. The molecule has 1 aliphatic rings. The van der Waals surface area contributed by atoms with Crippen LogP contribution in [-0.4, -0.2) is 45.9 Å². The quantitative estimate of drug-likeness (QED) is 0.700. The van der Waals surface area contributed by atoms with Crippen LogP contribution >= 0.6 is 0 Å². The Morgan fingerprint density at radius 1 is 0.968 bits per heavy atom. The lowest BCUT2D eigenvalue weighted by Gasteiger charge is -2.21. The van der Waals surface area contributed by atoms with Gasteiger partial charge >= 0.3 is 0 Å². The first-order chi connectivity index (χ1) is 14.8. The van der Waals surface area contributed by atoms with Crippen molar-refractivity contribution >= 4 is 21.6 Å². The molecule has 0 aliphatic carbocycles. The fourth-order valence-electron chi connectivity index (χ4n) is 3.76. The second kappa shape index (κ2) is 10.2. The minimum absolute atomic E-state index is 0.127. The molecule has 2 aromatic carbocycles. The van der Waals surface area contributed by atoms with E-state index < -0.39 is 10.0 Å². The van der Waals surface area contributed by atoms with E-state index in [4.69, 9.17) is 9.47 Å². The molecule has 0 radical (unpaired) electrons. The highest BCUT2D eigenvalue weighted by atomic mass is 32.2. The summed E-state index contributed by atoms with van der Waals surface area (Å²) in [5.41, 5.74) is 1.89. The van der Waals surface area contributed by atoms with Crippen molar-refractivity contribution < 1.29 is 22.7 Å². The number of sulfonamides is 1. The number of ether oxygens (including phenoxy) is 2. The molecule has 0 bridgehead atoms. The van der Waals surface area contributed by atoms with Crippen molar-refractivity contribution in [2.75, 3.05) is 32.6 Å². The third-order valence-corrected chi connectivity index (χ3v) is 7.51. The van der Waals surface area contributed by atoms with Crippen LogP contribution in [0.2, 0.25) is 0 Å². The predicted molar refractivity (Wildman–Crippen MR) is 120 cm³/mol. The molecule has 168 valence electrons. The summed E-state index contributed by atoms with van der Waals surface area (Å²) in [5.74, 6) is 0.900. The molecule has 2 aromatic rings. The number of carbonyl (C=O) groups is 1. The maximum atomic E-state index is 13.2. The topological polar surface area (TPSA) is 84.9 Å². The zero-order valence-electron chi connectivity index (χ0n) is 18.3. The molecule has 0 unspecified atom stereocenters. The van der Waals surface area contributed by atoms with E-state index in [1.807, 2.05) is 0 Å². The molecule has 0 spiro atoms. The number of nitrogens with zero attached hydrogens (tertiary/aromatic N) is 1. The summed E-state index contributed by atoms with van der Waals surface area (Å²) in [4.78, 5) is 12.8. The molecule has 1 aliphatic heterocycles. The van der Waals surface area contributed by atoms with Crippen LogP contribution < -0.4 is 14.8 Å². The number of hydrogen-bond donors (Lipinski definition) is 1. The van der Waals surface area contributed by atoms with E-state index in [0.717, 1.165) is 31.2 Å². The number of hydrogen-bond acceptors (Lipinski definition) is 5. The summed E-state index contributed by atoms with van der Waals surface area (Å²) < 4.78 is 38.5. The lowest BCUT2D eigenvalue weighted by molar-refractivity contribution is -0.115. The zero-order valence-corrected chi connectivity index (χ0v) is 19.1. The average Bonchev–Trinajstić information content (AvgIpc) is 3.05. The number of amides is 1. The molecule has 1 saturated heterocycles. The Morgan fingerprint density at radius 3 is 2.29 bits per heavy atom. The Bertz CT molecular complexity index is 1030. The normalized spacial score (nSPS) is 15.2. The molecule has 1 fully saturated rings. The van der Waals surface area contributed by atoms with Crippen LogP contribution in [0.25, 0.3) is 0 Å². The van der Waals surface area contributed by atoms with Gasteiger partial charge in [0.1, 0.15) is 0 Å². The van der Waals surface area contributed by atoms with E-state index in [-0.39, 0.29) is 17.2 Å². The highest BCUT2D eigenvalue weighted by Gasteiger charge is 2.27. The number of anilines is 1. The van der Waals surface area contributed by atoms with Crippen LogP contribution in [-0.2, 0) is 21.2 Å². The number of methoxy groups -OCH3 is 2. The highest BCUT2D eigenvalue weighted by Crippen LogP contribution is 2.28. The van der Waals surface area contributed by atoms with Crippen molar-refractivity contribution in [3.63, 3.8) is 0 Å². The standard InChI is InChI=1S/C23H30N2O5S/c1-17-8-10-19(16-22(17)31(27,28)25-12-6-4-5-7-13-25)24-23(26)15-18-9-11-20(29-2)21(14-18)30-3/h8-11,14,16H,4-7,12-13,15H2,1-3H3,(H,24,26). The van der Waals surface area contributed by atoms with Gasteiger partial charge in [0.05, 0.1) is 25.5 Å². The molecule has 1 heterocycles. The minimum atomic E-state index is -3.60. The Morgan fingerprint density at radius 2 is 1.65 bits per heavy atom. The lowest BCUT2D eigenvalue weighted by Crippen LogP contribution is -2.32. The fraction of sp³-hybridized carbons (Fsp3) is 0.435. The van der Waals surface area contributed by atoms with Gasteiger partial charge in [-0.25, -0.2) is 8.42 Å². The number of aryl methyl sites for hydroxylation is 1. The molecule has 0 atom stereocenters. The first kappa shape index (κ1) is 23.1. The molecule has 31 heavy (non-hydrogen) atoms. The van der Waals surface area contributed by atoms with Gasteiger partial charge in [0.2, 0.25) is 15.9 Å². The summed E-state index contributed by atoms with van der Waals surface area (Å²) in [6.45, 7) is 2.86. The van der Waals surface area contributed by atoms with Crippen LogP contribution in [0.3, 0.4) is 0 Å². The van der Waals surface area contributed by atoms with Gasteiger partial charge in [-0.05, 0) is 55.2 Å². The van der Waals surface area contributed by atoms with Crippen molar-refractivity contribution in [3.8, 4) is 11.5 Å². The molecule has 3 rings (SSSR count). The molecule has 1 N–H and O–H groups in total. The third-order valence-electron chi connectivity index (χ3n) is 5.47. The SMILES string of the molecule is COc1ccc(CC(=O)Nc2ccc(C)c(S(=O)(=O)N3CCCCCC3)c2)cc1OC. The van der Waals surface area contributed by atoms with Crippen molar-refractivity contribution in [2.45, 2.75) is 43.9 Å². The van der Waals surface area contributed by atoms with E-state index in [1.165, 1.54) is 0 Å². The van der Waals surface area contributed by atoms with Crippen LogP contribution in [0.15, 0.2) is 41.3 Å². The van der Waals surface area contributed by atoms with E-state index in [2.05, 4.69) is 5.32 Å². The lowest BCUT2D eigenvalue weighted by atomic mass is 10.1. The molecular weight excluding hydrogens is 416 g/mol. The second-order valence-corrected chi connectivity index (χ2v) is 9.62. The van der Waals surface area contributed by atoms with Gasteiger partial charge in [0.15, 0.2) is 11.5 Å². The van der Waals surface area contributed by atoms with E-state index in [9.17, 15) is 13.2 Å². The van der Waals surface area contributed by atoms with Crippen molar-refractivity contribution in [1.29, 1.82) is 0 Å². The zero-order chi connectivity index (χ0) is 22.4. The first-order valence-corrected chi connectivity index (χ1v) is 11.9. The maximum Gasteiger partial charge on any atom is 0.243 e. The first-order valence-electron chi connectivity index (χ1n) is 10.5. The van der Waals surface area contributed by atoms with Gasteiger partial charge in [-0.3, -0.25) is 4.79 Å². The molecule has 7 nitrogen and oxygen atoms in total. The van der Waals surface area contributed by atoms with E-state index in [1.54, 1.807) is 61.8 Å². The van der Waals surface area contributed by atoms with Crippen molar-refractivity contribution in [1.82, 2.24) is 4.31 Å². The van der Waals surface area contributed by atoms with Crippen LogP contribution in [0.1, 0.15) is 36.8 Å². The smallest absolute Gasteiger partial charge is 0.243 e. The highest BCUT2D eigenvalue weighted by molar-refractivity contribution is 7.89. The van der Waals surface area contributed by atoms with Gasteiger partial charge < -0.3 is 14.8 Å². The minimum Gasteiger partial charge on any atom is -0.493 e. The third kappa shape index (κ3) is 5.57. The van der Waals surface area contributed by atoms with E-state index in [0.29, 0.717) is 35.8 Å². The number of nitrogens with one attached hydrogen (secondary N) is 1. The molecule has 1 amide bonds. The second-order valence-electron chi connectivity index (χ2n) is 7.71. The van der Waals surface area contributed by atoms with Gasteiger partial charge in [-0.2, -0.15) is 4.31 Å². The van der Waals surface area contributed by atoms with Gasteiger partial charge in [-0.1, -0.05) is 25.0 Å². The predicted octanol–water partition coefficient (Wildman–Crippen LogP) is 3.76. The Balaban J connectivity index is 1.76. The van der Waals surface area contributed by atoms with E-state index >= 15 is 0 Å². The summed E-state index contributed by atoms with van der Waals surface area (Å²) in [5, 5.41) is 2.82. The van der Waals surface area contributed by atoms with Crippen LogP contribution in [0, 0.1) is 6.92 Å². The number of rotatable bonds is 7. The Kier molecular flexibility index (Phi) is 7.56. The summed E-state index contributed by atoms with van der Waals surface area (Å²) in [6.07, 6.45) is 3.98. The van der Waals surface area contributed by atoms with Gasteiger partial charge in [-0.15, -0.1) is 0 Å². The summed E-state index contributed by atoms with van der Waals surface area (Å²) >= 11 is 0. The number of carbonyl (C=O) groups excluding carboxylic acids is 1. The Hall–Kier alpha value is -2.58. The fourth-order valence-corrected chi connectivity index (χ4v) is 5.53. The van der Waals surface area contributed by atoms with Gasteiger partial charge in [0, 0.05) is 18.8 Å². The number of benzene rings is 2. The largest absolute Gasteiger partial charge is 0.493 e. The van der Waals surface area contributed by atoms with Crippen LogP contribution in [0.4, 0.5) is 5.69 Å². The van der Waals surface area contributed by atoms with Crippen molar-refractivity contribution in [2.24, 2.45) is 0 Å². The molecular formula is C23H30N2O5S. The average molecular weight is 447 g/mol. The molecule has 0 saturated carbocycles. The van der Waals surface area contributed by atoms with Gasteiger partial charge in [0.25, 0.3) is 0 Å². The summed E-state index contributed by atoms with van der Waals surface area (Å²) in [7, 11) is -0.502. The van der Waals surface area contributed by atoms with Crippen LogP contribution in [0.5, 0.6) is 11.5 Å². The van der Waals surface area contributed by atoms with Crippen molar-refractivity contribution in [3.05, 3.63) is 47.5 Å². The molecule has 0 aromatic heterocycles. The summed E-state index contributed by atoms with van der Waals surface area (Å²) in [6, 6.07) is 10.3. The maximum absolute atomic E-state index is 13.2. The Labute approximate surface area is 184 Å².